The van der Waals surface area contributed by atoms with E-state index in [9.17, 15) is 10.1 Å². The fourth-order valence-corrected chi connectivity index (χ4v) is 3.31. The number of rotatable bonds is 2. The summed E-state index contributed by atoms with van der Waals surface area (Å²) >= 11 is 0. The average molecular weight is 363 g/mol. The number of amides is 1. The first-order valence-electron chi connectivity index (χ1n) is 8.71. The zero-order chi connectivity index (χ0) is 19.1. The van der Waals surface area contributed by atoms with Crippen LogP contribution in [-0.4, -0.2) is 20.3 Å². The van der Waals surface area contributed by atoms with E-state index in [0.29, 0.717) is 33.5 Å². The third-order valence-electron chi connectivity index (χ3n) is 4.63. The highest BCUT2D eigenvalue weighted by Gasteiger charge is 2.16. The van der Waals surface area contributed by atoms with Gasteiger partial charge >= 0.3 is 0 Å². The Balaban J connectivity index is 1.67. The standard InChI is InChI=1S/C22H13N5O/c23-13-16-19-12-15(24-22(28)14-6-2-1-3-7-14)10-11-27(19)21-20(16)25-17-8-4-5-9-18(17)26-21/h1-12H,(H,24,28). The van der Waals surface area contributed by atoms with Gasteiger partial charge in [-0.2, -0.15) is 5.26 Å². The van der Waals surface area contributed by atoms with E-state index in [1.165, 1.54) is 0 Å². The molecule has 0 saturated carbocycles. The number of carbonyl (C=O) groups is 1. The summed E-state index contributed by atoms with van der Waals surface area (Å²) < 4.78 is 1.82. The Morgan fingerprint density at radius 1 is 0.964 bits per heavy atom. The molecule has 0 fully saturated rings. The average Bonchev–Trinajstić information content (AvgIpc) is 3.04. The first kappa shape index (κ1) is 16.0. The molecule has 132 valence electrons. The van der Waals surface area contributed by atoms with Crippen LogP contribution in [0, 0.1) is 11.3 Å². The molecule has 3 heterocycles. The molecule has 1 N–H and O–H groups in total. The lowest BCUT2D eigenvalue weighted by atomic mass is 10.2. The summed E-state index contributed by atoms with van der Waals surface area (Å²) in [6.45, 7) is 0. The van der Waals surface area contributed by atoms with Crippen LogP contribution < -0.4 is 5.32 Å². The molecule has 0 atom stereocenters. The lowest BCUT2D eigenvalue weighted by Crippen LogP contribution is -2.11. The van der Waals surface area contributed by atoms with Gasteiger partial charge < -0.3 is 5.32 Å². The van der Waals surface area contributed by atoms with Gasteiger partial charge in [-0.1, -0.05) is 30.3 Å². The molecular weight excluding hydrogens is 350 g/mol. The number of aromatic nitrogens is 3. The first-order valence-corrected chi connectivity index (χ1v) is 8.71. The predicted octanol–water partition coefficient (Wildman–Crippen LogP) is 4.16. The number of pyridine rings is 1. The van der Waals surface area contributed by atoms with Crippen LogP contribution in [0.4, 0.5) is 5.69 Å². The minimum atomic E-state index is -0.207. The van der Waals surface area contributed by atoms with Gasteiger partial charge in [-0.15, -0.1) is 0 Å². The third kappa shape index (κ3) is 2.46. The van der Waals surface area contributed by atoms with Crippen molar-refractivity contribution in [2.75, 3.05) is 5.32 Å². The number of anilines is 1. The number of hydrogen-bond acceptors (Lipinski definition) is 4. The normalized spacial score (nSPS) is 11.0. The van der Waals surface area contributed by atoms with Crippen LogP contribution in [0.3, 0.4) is 0 Å². The molecule has 1 amide bonds. The van der Waals surface area contributed by atoms with E-state index in [1.807, 2.05) is 46.9 Å². The van der Waals surface area contributed by atoms with Gasteiger partial charge in [0.05, 0.1) is 16.6 Å². The summed E-state index contributed by atoms with van der Waals surface area (Å²) in [5.41, 5.74) is 4.92. The van der Waals surface area contributed by atoms with E-state index in [-0.39, 0.29) is 5.91 Å². The van der Waals surface area contributed by atoms with Crippen molar-refractivity contribution in [1.82, 2.24) is 14.4 Å². The second-order valence-corrected chi connectivity index (χ2v) is 6.36. The quantitative estimate of drug-likeness (QED) is 0.510. The van der Waals surface area contributed by atoms with Crippen molar-refractivity contribution in [2.45, 2.75) is 0 Å². The van der Waals surface area contributed by atoms with Crippen LogP contribution in [0.5, 0.6) is 0 Å². The SMILES string of the molecule is N#Cc1c2nc3ccccc3nc2n2ccc(NC(=O)c3ccccc3)cc12. The van der Waals surface area contributed by atoms with E-state index in [2.05, 4.69) is 21.4 Å². The van der Waals surface area contributed by atoms with Crippen LogP contribution >= 0.6 is 0 Å². The predicted molar refractivity (Wildman–Crippen MR) is 107 cm³/mol. The Morgan fingerprint density at radius 3 is 2.43 bits per heavy atom. The van der Waals surface area contributed by atoms with E-state index < -0.39 is 0 Å². The number of para-hydroxylation sites is 2. The van der Waals surface area contributed by atoms with Crippen molar-refractivity contribution < 1.29 is 4.79 Å². The maximum Gasteiger partial charge on any atom is 0.255 e. The summed E-state index contributed by atoms with van der Waals surface area (Å²) in [5.74, 6) is -0.207. The highest BCUT2D eigenvalue weighted by molar-refractivity contribution is 6.05. The molecule has 3 aromatic heterocycles. The van der Waals surface area contributed by atoms with Crippen LogP contribution in [0.1, 0.15) is 15.9 Å². The van der Waals surface area contributed by atoms with Gasteiger partial charge in [0.25, 0.3) is 5.91 Å². The summed E-state index contributed by atoms with van der Waals surface area (Å²) in [6, 6.07) is 22.3. The molecule has 6 heteroatoms. The Kier molecular flexibility index (Phi) is 3.53. The molecule has 0 unspecified atom stereocenters. The lowest BCUT2D eigenvalue weighted by Gasteiger charge is -2.06. The molecular formula is C22H13N5O. The van der Waals surface area contributed by atoms with Crippen LogP contribution in [0.2, 0.25) is 0 Å². The number of fused-ring (bicyclic) bond motifs is 4. The molecule has 0 radical (unpaired) electrons. The molecule has 0 aliphatic carbocycles. The topological polar surface area (TPSA) is 83.1 Å². The number of nitrogens with zero attached hydrogens (tertiary/aromatic N) is 4. The fourth-order valence-electron chi connectivity index (χ4n) is 3.31. The van der Waals surface area contributed by atoms with Gasteiger partial charge in [0, 0.05) is 17.4 Å². The first-order chi connectivity index (χ1) is 13.7. The minimum Gasteiger partial charge on any atom is -0.322 e. The van der Waals surface area contributed by atoms with Crippen molar-refractivity contribution in [3.05, 3.63) is 84.1 Å². The summed E-state index contributed by atoms with van der Waals surface area (Å²) in [7, 11) is 0. The molecule has 0 spiro atoms. The molecule has 2 aromatic carbocycles. The largest absolute Gasteiger partial charge is 0.322 e. The number of benzene rings is 2. The fraction of sp³-hybridized carbons (Fsp3) is 0. The Labute approximate surface area is 159 Å². The molecule has 28 heavy (non-hydrogen) atoms. The molecule has 5 aromatic rings. The van der Waals surface area contributed by atoms with Gasteiger partial charge in [0.15, 0.2) is 5.65 Å². The van der Waals surface area contributed by atoms with Crippen LogP contribution in [-0.2, 0) is 0 Å². The van der Waals surface area contributed by atoms with Gasteiger partial charge in [0.2, 0.25) is 0 Å². The van der Waals surface area contributed by atoms with E-state index >= 15 is 0 Å². The smallest absolute Gasteiger partial charge is 0.255 e. The Bertz CT molecular complexity index is 1410. The van der Waals surface area contributed by atoms with Gasteiger partial charge in [-0.3, -0.25) is 9.20 Å². The van der Waals surface area contributed by atoms with Gasteiger partial charge in [-0.05, 0) is 36.4 Å². The summed E-state index contributed by atoms with van der Waals surface area (Å²) in [5, 5.41) is 12.6. The molecule has 0 aliphatic heterocycles. The number of nitriles is 1. The van der Waals surface area contributed by atoms with Crippen molar-refractivity contribution in [1.29, 1.82) is 5.26 Å². The molecule has 5 rings (SSSR count). The van der Waals surface area contributed by atoms with Crippen molar-refractivity contribution in [3.8, 4) is 6.07 Å². The van der Waals surface area contributed by atoms with Crippen LogP contribution in [0.15, 0.2) is 72.9 Å². The minimum absolute atomic E-state index is 0.207. The monoisotopic (exact) mass is 363 g/mol. The van der Waals surface area contributed by atoms with Gasteiger partial charge in [0.1, 0.15) is 17.1 Å². The highest BCUT2D eigenvalue weighted by atomic mass is 16.1. The maximum absolute atomic E-state index is 12.4. The summed E-state index contributed by atoms with van der Waals surface area (Å²) in [4.78, 5) is 21.7. The Hall–Kier alpha value is -4.24. The second-order valence-electron chi connectivity index (χ2n) is 6.36. The number of nitrogens with one attached hydrogen (secondary N) is 1. The van der Waals surface area contributed by atoms with Crippen molar-refractivity contribution in [2.24, 2.45) is 0 Å². The number of hydrogen-bond donors (Lipinski definition) is 1. The van der Waals surface area contributed by atoms with E-state index in [4.69, 9.17) is 0 Å². The van der Waals surface area contributed by atoms with Crippen molar-refractivity contribution in [3.63, 3.8) is 0 Å². The Morgan fingerprint density at radius 2 is 1.68 bits per heavy atom. The molecule has 0 saturated heterocycles. The zero-order valence-corrected chi connectivity index (χ0v) is 14.6. The van der Waals surface area contributed by atoms with E-state index in [0.717, 1.165) is 11.0 Å². The second kappa shape index (κ2) is 6.18. The summed E-state index contributed by atoms with van der Waals surface area (Å²) in [6.07, 6.45) is 1.79. The van der Waals surface area contributed by atoms with Gasteiger partial charge in [-0.25, -0.2) is 9.97 Å². The molecule has 6 nitrogen and oxygen atoms in total. The molecule has 0 bridgehead atoms. The molecule has 0 aliphatic rings. The third-order valence-corrected chi connectivity index (χ3v) is 4.63. The zero-order valence-electron chi connectivity index (χ0n) is 14.6. The van der Waals surface area contributed by atoms with E-state index in [1.54, 1.807) is 30.5 Å². The van der Waals surface area contributed by atoms with Crippen LogP contribution in [0.25, 0.3) is 27.7 Å². The number of carbonyl (C=O) groups excluding carboxylic acids is 1. The highest BCUT2D eigenvalue weighted by Crippen LogP contribution is 2.27. The maximum atomic E-state index is 12.4. The van der Waals surface area contributed by atoms with Crippen molar-refractivity contribution >= 4 is 39.3 Å². The lowest BCUT2D eigenvalue weighted by molar-refractivity contribution is 0.102.